The summed E-state index contributed by atoms with van der Waals surface area (Å²) in [5.74, 6) is 0.384. The largest absolute Gasteiger partial charge is 0.508 e. The van der Waals surface area contributed by atoms with Crippen LogP contribution in [-0.2, 0) is 18.4 Å². The van der Waals surface area contributed by atoms with Crippen LogP contribution < -0.4 is 5.32 Å². The molecular weight excluding hydrogens is 258 g/mol. The van der Waals surface area contributed by atoms with Crippen LogP contribution >= 0.6 is 0 Å². The summed E-state index contributed by atoms with van der Waals surface area (Å²) in [6.45, 7) is 8.06. The van der Waals surface area contributed by atoms with E-state index in [0.717, 1.165) is 24.1 Å². The zero-order valence-electron chi connectivity index (χ0n) is 13.2. The molecule has 0 aliphatic rings. The van der Waals surface area contributed by atoms with Crippen LogP contribution in [0, 0.1) is 0 Å². The molecule has 0 aliphatic carbocycles. The van der Waals surface area contributed by atoms with Crippen molar-refractivity contribution in [3.8, 4) is 5.75 Å². The molecule has 2 rings (SSSR count). The van der Waals surface area contributed by atoms with Gasteiger partial charge in [-0.3, -0.25) is 0 Å². The average molecular weight is 283 g/mol. The first kappa shape index (κ1) is 15.6. The fraction of sp³-hybridized carbons (Fsp3) is 0.368. The van der Waals surface area contributed by atoms with E-state index in [-0.39, 0.29) is 5.41 Å². The molecule has 0 bridgehead atoms. The van der Waals surface area contributed by atoms with E-state index < -0.39 is 0 Å². The maximum Gasteiger partial charge on any atom is 0.120 e. The quantitative estimate of drug-likeness (QED) is 0.812. The van der Waals surface area contributed by atoms with E-state index in [1.165, 1.54) is 5.56 Å². The van der Waals surface area contributed by atoms with Crippen LogP contribution in [0.25, 0.3) is 0 Å². The van der Waals surface area contributed by atoms with Gasteiger partial charge in [-0.15, -0.1) is 0 Å². The summed E-state index contributed by atoms with van der Waals surface area (Å²) in [6.07, 6.45) is 1.00. The molecule has 2 N–H and O–H groups in total. The first-order valence-corrected chi connectivity index (χ1v) is 7.54. The third-order valence-electron chi connectivity index (χ3n) is 3.70. The highest BCUT2D eigenvalue weighted by Crippen LogP contribution is 2.27. The predicted octanol–water partition coefficient (Wildman–Crippen LogP) is 4.02. The highest BCUT2D eigenvalue weighted by atomic mass is 16.3. The Hall–Kier alpha value is -1.80. The summed E-state index contributed by atoms with van der Waals surface area (Å²) in [6, 6.07) is 16.4. The monoisotopic (exact) mass is 283 g/mol. The zero-order valence-corrected chi connectivity index (χ0v) is 13.2. The van der Waals surface area contributed by atoms with E-state index in [1.807, 2.05) is 18.2 Å². The minimum absolute atomic E-state index is 0.0662. The van der Waals surface area contributed by atoms with Crippen LogP contribution in [0.1, 0.15) is 37.5 Å². The number of hydrogen-bond acceptors (Lipinski definition) is 2. The second kappa shape index (κ2) is 6.77. The molecule has 0 aliphatic heterocycles. The number of rotatable bonds is 5. The van der Waals surface area contributed by atoms with E-state index in [2.05, 4.69) is 56.4 Å². The van der Waals surface area contributed by atoms with E-state index in [4.69, 9.17) is 0 Å². The van der Waals surface area contributed by atoms with E-state index >= 15 is 0 Å². The van der Waals surface area contributed by atoms with Gasteiger partial charge in [-0.25, -0.2) is 0 Å². The minimum Gasteiger partial charge on any atom is -0.508 e. The van der Waals surface area contributed by atoms with Crippen molar-refractivity contribution in [2.75, 3.05) is 6.54 Å². The maximum absolute atomic E-state index is 10.1. The molecule has 0 spiro atoms. The van der Waals surface area contributed by atoms with Gasteiger partial charge in [-0.2, -0.15) is 0 Å². The van der Waals surface area contributed by atoms with Crippen molar-refractivity contribution in [2.45, 2.75) is 39.2 Å². The van der Waals surface area contributed by atoms with E-state index in [0.29, 0.717) is 12.3 Å². The molecule has 2 nitrogen and oxygen atoms in total. The van der Waals surface area contributed by atoms with Gasteiger partial charge in [0.05, 0.1) is 0 Å². The van der Waals surface area contributed by atoms with Crippen LogP contribution in [0.2, 0.25) is 0 Å². The molecule has 0 radical (unpaired) electrons. The third kappa shape index (κ3) is 4.61. The summed E-state index contributed by atoms with van der Waals surface area (Å²) >= 11 is 0. The fourth-order valence-electron chi connectivity index (χ4n) is 2.28. The topological polar surface area (TPSA) is 32.3 Å². The molecule has 21 heavy (non-hydrogen) atoms. The van der Waals surface area contributed by atoms with Crippen molar-refractivity contribution in [3.63, 3.8) is 0 Å². The van der Waals surface area contributed by atoms with Gasteiger partial charge in [-0.05, 0) is 35.6 Å². The molecule has 0 heterocycles. The number of phenols is 1. The molecule has 0 saturated carbocycles. The Labute approximate surface area is 127 Å². The molecule has 0 amide bonds. The average Bonchev–Trinajstić information content (AvgIpc) is 2.45. The molecular formula is C19H25NO. The van der Waals surface area contributed by atoms with Crippen molar-refractivity contribution >= 4 is 0 Å². The highest BCUT2D eigenvalue weighted by molar-refractivity contribution is 5.39. The van der Waals surface area contributed by atoms with Gasteiger partial charge in [-0.1, -0.05) is 63.2 Å². The first-order chi connectivity index (χ1) is 9.97. The molecule has 112 valence electrons. The Morgan fingerprint density at radius 2 is 1.71 bits per heavy atom. The third-order valence-corrected chi connectivity index (χ3v) is 3.70. The Morgan fingerprint density at radius 1 is 1.00 bits per heavy atom. The molecule has 0 unspecified atom stereocenters. The molecule has 2 aromatic rings. The smallest absolute Gasteiger partial charge is 0.120 e. The second-order valence-electron chi connectivity index (χ2n) is 6.51. The molecule has 0 fully saturated rings. The summed E-state index contributed by atoms with van der Waals surface area (Å²) in [4.78, 5) is 0. The Balaban J connectivity index is 1.86. The van der Waals surface area contributed by atoms with E-state index in [9.17, 15) is 5.11 Å². The van der Waals surface area contributed by atoms with Crippen LogP contribution in [0.4, 0.5) is 0 Å². The van der Waals surface area contributed by atoms with Gasteiger partial charge >= 0.3 is 0 Å². The molecule has 0 aromatic heterocycles. The van der Waals surface area contributed by atoms with Gasteiger partial charge < -0.3 is 10.4 Å². The van der Waals surface area contributed by atoms with Crippen molar-refractivity contribution < 1.29 is 5.11 Å². The van der Waals surface area contributed by atoms with Gasteiger partial charge in [0.1, 0.15) is 5.75 Å². The van der Waals surface area contributed by atoms with Crippen LogP contribution in [-0.4, -0.2) is 11.7 Å². The lowest BCUT2D eigenvalue weighted by molar-refractivity contribution is 0.460. The summed E-state index contributed by atoms with van der Waals surface area (Å²) in [7, 11) is 0. The van der Waals surface area contributed by atoms with Crippen LogP contribution in [0.15, 0.2) is 48.5 Å². The Bertz CT molecular complexity index is 570. The SMILES string of the molecule is CC(C)(C)c1ccc(CNCCc2ccccc2)c(O)c1. The number of nitrogens with one attached hydrogen (secondary N) is 1. The molecule has 2 aromatic carbocycles. The summed E-state index contributed by atoms with van der Waals surface area (Å²) in [5.41, 5.74) is 3.51. The lowest BCUT2D eigenvalue weighted by Gasteiger charge is -2.20. The predicted molar refractivity (Wildman–Crippen MR) is 88.7 cm³/mol. The Morgan fingerprint density at radius 3 is 2.33 bits per heavy atom. The van der Waals surface area contributed by atoms with Crippen molar-refractivity contribution in [1.29, 1.82) is 0 Å². The lowest BCUT2D eigenvalue weighted by atomic mass is 9.86. The van der Waals surface area contributed by atoms with Gasteiger partial charge in [0.15, 0.2) is 0 Å². The molecule has 0 atom stereocenters. The summed E-state index contributed by atoms with van der Waals surface area (Å²) in [5, 5.41) is 13.5. The van der Waals surface area contributed by atoms with Crippen molar-refractivity contribution in [3.05, 3.63) is 65.2 Å². The summed E-state index contributed by atoms with van der Waals surface area (Å²) < 4.78 is 0. The first-order valence-electron chi connectivity index (χ1n) is 7.54. The number of phenolic OH excluding ortho intramolecular Hbond substituents is 1. The van der Waals surface area contributed by atoms with E-state index in [1.54, 1.807) is 0 Å². The van der Waals surface area contributed by atoms with Crippen molar-refractivity contribution in [2.24, 2.45) is 0 Å². The van der Waals surface area contributed by atoms with Crippen molar-refractivity contribution in [1.82, 2.24) is 5.32 Å². The highest BCUT2D eigenvalue weighted by Gasteiger charge is 2.15. The normalized spacial score (nSPS) is 11.6. The molecule has 2 heteroatoms. The number of benzene rings is 2. The molecule has 0 saturated heterocycles. The van der Waals surface area contributed by atoms with Gasteiger partial charge in [0.25, 0.3) is 0 Å². The number of aromatic hydroxyl groups is 1. The fourth-order valence-corrected chi connectivity index (χ4v) is 2.28. The van der Waals surface area contributed by atoms with Gasteiger partial charge in [0.2, 0.25) is 0 Å². The maximum atomic E-state index is 10.1. The second-order valence-corrected chi connectivity index (χ2v) is 6.51. The lowest BCUT2D eigenvalue weighted by Crippen LogP contribution is -2.17. The minimum atomic E-state index is 0.0662. The van der Waals surface area contributed by atoms with Crippen LogP contribution in [0.5, 0.6) is 5.75 Å². The van der Waals surface area contributed by atoms with Gasteiger partial charge in [0, 0.05) is 12.1 Å². The van der Waals surface area contributed by atoms with Crippen LogP contribution in [0.3, 0.4) is 0 Å². The number of hydrogen-bond donors (Lipinski definition) is 2. The Kier molecular flexibility index (Phi) is 5.03. The standard InChI is InChI=1S/C19H25NO/c1-19(2,3)17-10-9-16(18(21)13-17)14-20-12-11-15-7-5-4-6-8-15/h4-10,13,20-21H,11-12,14H2,1-3H3. The zero-order chi connectivity index (χ0) is 15.3.